The molecular formula is C14H24N4. The van der Waals surface area contributed by atoms with Crippen LogP contribution in [-0.2, 0) is 6.54 Å². The Labute approximate surface area is 110 Å². The van der Waals surface area contributed by atoms with Crippen molar-refractivity contribution in [3.63, 3.8) is 0 Å². The molecule has 2 rings (SSSR count). The van der Waals surface area contributed by atoms with Crippen molar-refractivity contribution in [1.29, 1.82) is 0 Å². The average Bonchev–Trinajstić information content (AvgIpc) is 2.40. The molecule has 1 N–H and O–H groups in total. The summed E-state index contributed by atoms with van der Waals surface area (Å²) in [5.74, 6) is 2.58. The van der Waals surface area contributed by atoms with Gasteiger partial charge in [0, 0.05) is 25.8 Å². The normalized spacial score (nSPS) is 24.3. The third-order valence-electron chi connectivity index (χ3n) is 3.89. The van der Waals surface area contributed by atoms with E-state index in [-0.39, 0.29) is 0 Å². The van der Waals surface area contributed by atoms with Gasteiger partial charge in [0.1, 0.15) is 5.82 Å². The lowest BCUT2D eigenvalue weighted by atomic mass is 9.89. The van der Waals surface area contributed by atoms with E-state index in [0.717, 1.165) is 49.5 Å². The standard InChI is InChI=1S/C14H24N4/c1-4-15-7-13-8-16-9-14(17-13)18-6-5-11(2)12(3)10-18/h8-9,11-12,15H,4-7,10H2,1-3H3. The lowest BCUT2D eigenvalue weighted by Gasteiger charge is -2.35. The minimum Gasteiger partial charge on any atom is -0.355 e. The van der Waals surface area contributed by atoms with E-state index in [4.69, 9.17) is 4.98 Å². The molecule has 1 fully saturated rings. The maximum atomic E-state index is 4.69. The maximum Gasteiger partial charge on any atom is 0.147 e. The summed E-state index contributed by atoms with van der Waals surface area (Å²) in [5.41, 5.74) is 1.03. The lowest BCUT2D eigenvalue weighted by molar-refractivity contribution is 0.322. The van der Waals surface area contributed by atoms with Crippen molar-refractivity contribution < 1.29 is 0 Å². The monoisotopic (exact) mass is 248 g/mol. The number of nitrogens with zero attached hydrogens (tertiary/aromatic N) is 3. The fourth-order valence-corrected chi connectivity index (χ4v) is 2.36. The van der Waals surface area contributed by atoms with Gasteiger partial charge in [-0.3, -0.25) is 4.98 Å². The molecule has 0 aromatic carbocycles. The van der Waals surface area contributed by atoms with Gasteiger partial charge in [0.25, 0.3) is 0 Å². The third-order valence-corrected chi connectivity index (χ3v) is 3.89. The third kappa shape index (κ3) is 3.19. The van der Waals surface area contributed by atoms with Crippen molar-refractivity contribution in [3.8, 4) is 0 Å². The molecule has 4 nitrogen and oxygen atoms in total. The zero-order valence-corrected chi connectivity index (χ0v) is 11.7. The Bertz CT molecular complexity index is 380. The molecule has 1 aliphatic rings. The highest BCUT2D eigenvalue weighted by atomic mass is 15.2. The Balaban J connectivity index is 2.04. The van der Waals surface area contributed by atoms with E-state index in [1.807, 2.05) is 12.4 Å². The van der Waals surface area contributed by atoms with Gasteiger partial charge >= 0.3 is 0 Å². The molecule has 2 heterocycles. The van der Waals surface area contributed by atoms with Crippen LogP contribution >= 0.6 is 0 Å². The highest BCUT2D eigenvalue weighted by molar-refractivity contribution is 5.37. The molecule has 1 aliphatic heterocycles. The average molecular weight is 248 g/mol. The van der Waals surface area contributed by atoms with E-state index >= 15 is 0 Å². The maximum absolute atomic E-state index is 4.69. The molecule has 18 heavy (non-hydrogen) atoms. The lowest BCUT2D eigenvalue weighted by Crippen LogP contribution is -2.39. The number of hydrogen-bond donors (Lipinski definition) is 1. The largest absolute Gasteiger partial charge is 0.355 e. The highest BCUT2D eigenvalue weighted by Crippen LogP contribution is 2.25. The Morgan fingerprint density at radius 1 is 1.33 bits per heavy atom. The van der Waals surface area contributed by atoms with Crippen LogP contribution in [0.1, 0.15) is 32.9 Å². The van der Waals surface area contributed by atoms with Crippen molar-refractivity contribution >= 4 is 5.82 Å². The molecule has 1 aromatic rings. The summed E-state index contributed by atoms with van der Waals surface area (Å²) in [6.07, 6.45) is 4.99. The van der Waals surface area contributed by atoms with Gasteiger partial charge in [0.05, 0.1) is 11.9 Å². The van der Waals surface area contributed by atoms with Gasteiger partial charge in [-0.2, -0.15) is 0 Å². The van der Waals surface area contributed by atoms with Crippen LogP contribution in [0.15, 0.2) is 12.4 Å². The van der Waals surface area contributed by atoms with Gasteiger partial charge in [-0.05, 0) is 24.8 Å². The van der Waals surface area contributed by atoms with Gasteiger partial charge < -0.3 is 10.2 Å². The molecule has 0 spiro atoms. The number of aromatic nitrogens is 2. The Kier molecular flexibility index (Phi) is 4.53. The summed E-state index contributed by atoms with van der Waals surface area (Å²) >= 11 is 0. The Hall–Kier alpha value is -1.16. The molecule has 0 amide bonds. The van der Waals surface area contributed by atoms with Gasteiger partial charge in [0.2, 0.25) is 0 Å². The summed E-state index contributed by atoms with van der Waals surface area (Å²) in [5, 5.41) is 3.29. The number of anilines is 1. The smallest absolute Gasteiger partial charge is 0.147 e. The molecule has 1 aromatic heterocycles. The fraction of sp³-hybridized carbons (Fsp3) is 0.714. The van der Waals surface area contributed by atoms with Crippen molar-refractivity contribution in [3.05, 3.63) is 18.1 Å². The summed E-state index contributed by atoms with van der Waals surface area (Å²) in [7, 11) is 0. The van der Waals surface area contributed by atoms with E-state index in [1.54, 1.807) is 0 Å². The Morgan fingerprint density at radius 2 is 2.17 bits per heavy atom. The molecule has 100 valence electrons. The first-order valence-electron chi connectivity index (χ1n) is 6.97. The van der Waals surface area contributed by atoms with Crippen LogP contribution in [0, 0.1) is 11.8 Å². The zero-order valence-electron chi connectivity index (χ0n) is 11.7. The van der Waals surface area contributed by atoms with Gasteiger partial charge in [-0.25, -0.2) is 4.98 Å². The molecular weight excluding hydrogens is 224 g/mol. The van der Waals surface area contributed by atoms with E-state index in [2.05, 4.69) is 36.0 Å². The van der Waals surface area contributed by atoms with Crippen molar-refractivity contribution in [2.75, 3.05) is 24.5 Å². The van der Waals surface area contributed by atoms with Crippen LogP contribution in [0.3, 0.4) is 0 Å². The molecule has 0 saturated carbocycles. The predicted molar refractivity (Wildman–Crippen MR) is 74.6 cm³/mol. The highest BCUT2D eigenvalue weighted by Gasteiger charge is 2.23. The fourth-order valence-electron chi connectivity index (χ4n) is 2.36. The molecule has 4 heteroatoms. The van der Waals surface area contributed by atoms with Crippen molar-refractivity contribution in [1.82, 2.24) is 15.3 Å². The van der Waals surface area contributed by atoms with Gasteiger partial charge in [-0.15, -0.1) is 0 Å². The Morgan fingerprint density at radius 3 is 2.89 bits per heavy atom. The molecule has 0 radical (unpaired) electrons. The number of nitrogens with one attached hydrogen (secondary N) is 1. The van der Waals surface area contributed by atoms with Gasteiger partial charge in [0.15, 0.2) is 0 Å². The minimum absolute atomic E-state index is 0.734. The molecule has 0 bridgehead atoms. The van der Waals surface area contributed by atoms with E-state index < -0.39 is 0 Å². The first-order chi connectivity index (χ1) is 8.70. The van der Waals surface area contributed by atoms with Crippen molar-refractivity contribution in [2.45, 2.75) is 33.7 Å². The zero-order chi connectivity index (χ0) is 13.0. The summed E-state index contributed by atoms with van der Waals surface area (Å²) < 4.78 is 0. The number of piperidine rings is 1. The van der Waals surface area contributed by atoms with Crippen LogP contribution in [0.2, 0.25) is 0 Å². The molecule has 2 unspecified atom stereocenters. The molecule has 0 aliphatic carbocycles. The second-order valence-electron chi connectivity index (χ2n) is 5.34. The van der Waals surface area contributed by atoms with Gasteiger partial charge in [-0.1, -0.05) is 20.8 Å². The first kappa shape index (κ1) is 13.3. The topological polar surface area (TPSA) is 41.1 Å². The predicted octanol–water partition coefficient (Wildman–Crippen LogP) is 2.07. The minimum atomic E-state index is 0.734. The van der Waals surface area contributed by atoms with Crippen LogP contribution in [0.4, 0.5) is 5.82 Å². The number of hydrogen-bond acceptors (Lipinski definition) is 4. The number of rotatable bonds is 4. The molecule has 1 saturated heterocycles. The van der Waals surface area contributed by atoms with Crippen LogP contribution in [0.25, 0.3) is 0 Å². The molecule has 2 atom stereocenters. The van der Waals surface area contributed by atoms with Crippen LogP contribution in [0.5, 0.6) is 0 Å². The SMILES string of the molecule is CCNCc1cncc(N2CCC(C)C(C)C2)n1. The van der Waals surface area contributed by atoms with E-state index in [0.29, 0.717) is 0 Å². The second-order valence-corrected chi connectivity index (χ2v) is 5.34. The first-order valence-corrected chi connectivity index (χ1v) is 6.97. The quantitative estimate of drug-likeness (QED) is 0.885. The summed E-state index contributed by atoms with van der Waals surface area (Å²) in [4.78, 5) is 11.4. The van der Waals surface area contributed by atoms with Crippen molar-refractivity contribution in [2.24, 2.45) is 11.8 Å². The van der Waals surface area contributed by atoms with Crippen LogP contribution < -0.4 is 10.2 Å². The van der Waals surface area contributed by atoms with E-state index in [9.17, 15) is 0 Å². The second kappa shape index (κ2) is 6.14. The van der Waals surface area contributed by atoms with Crippen LogP contribution in [-0.4, -0.2) is 29.6 Å². The summed E-state index contributed by atoms with van der Waals surface area (Å²) in [6, 6.07) is 0. The van der Waals surface area contributed by atoms with E-state index in [1.165, 1.54) is 6.42 Å². The summed E-state index contributed by atoms with van der Waals surface area (Å²) in [6.45, 7) is 10.7.